The van der Waals surface area contributed by atoms with Crippen LogP contribution >= 0.6 is 0 Å². The summed E-state index contributed by atoms with van der Waals surface area (Å²) in [6, 6.07) is 3.48. The van der Waals surface area contributed by atoms with E-state index in [1.807, 2.05) is 24.0 Å². The van der Waals surface area contributed by atoms with Crippen molar-refractivity contribution in [3.05, 3.63) is 23.7 Å². The molecule has 1 aliphatic heterocycles. The van der Waals surface area contributed by atoms with E-state index in [0.29, 0.717) is 6.54 Å². The molecule has 1 N–H and O–H groups in total. The highest BCUT2D eigenvalue weighted by Gasteiger charge is 2.28. The SMILES string of the molecule is Cc1ccc(CN2CCCCC2C(=O)O)o1. The monoisotopic (exact) mass is 223 g/mol. The van der Waals surface area contributed by atoms with Gasteiger partial charge in [0.15, 0.2) is 0 Å². The molecule has 0 amide bonds. The molecule has 4 heteroatoms. The van der Waals surface area contributed by atoms with Crippen LogP contribution in [-0.4, -0.2) is 28.6 Å². The Balaban J connectivity index is 2.03. The summed E-state index contributed by atoms with van der Waals surface area (Å²) in [5.41, 5.74) is 0. The number of likely N-dealkylation sites (tertiary alicyclic amines) is 1. The molecule has 1 saturated heterocycles. The maximum absolute atomic E-state index is 11.1. The van der Waals surface area contributed by atoms with Gasteiger partial charge in [-0.3, -0.25) is 9.69 Å². The lowest BCUT2D eigenvalue weighted by Crippen LogP contribution is -2.43. The molecule has 1 unspecified atom stereocenters. The molecule has 0 aromatic carbocycles. The minimum absolute atomic E-state index is 0.348. The van der Waals surface area contributed by atoms with Crippen LogP contribution in [-0.2, 0) is 11.3 Å². The van der Waals surface area contributed by atoms with Crippen molar-refractivity contribution in [1.29, 1.82) is 0 Å². The largest absolute Gasteiger partial charge is 0.480 e. The smallest absolute Gasteiger partial charge is 0.320 e. The van der Waals surface area contributed by atoms with Crippen LogP contribution in [0, 0.1) is 6.92 Å². The quantitative estimate of drug-likeness (QED) is 0.851. The normalized spacial score (nSPS) is 22.2. The molecule has 0 radical (unpaired) electrons. The molecule has 88 valence electrons. The van der Waals surface area contributed by atoms with Crippen LogP contribution in [0.4, 0.5) is 0 Å². The van der Waals surface area contributed by atoms with Gasteiger partial charge in [-0.25, -0.2) is 0 Å². The lowest BCUT2D eigenvalue weighted by Gasteiger charge is -2.31. The van der Waals surface area contributed by atoms with Crippen LogP contribution in [0.15, 0.2) is 16.5 Å². The van der Waals surface area contributed by atoms with E-state index in [1.54, 1.807) is 0 Å². The summed E-state index contributed by atoms with van der Waals surface area (Å²) in [7, 11) is 0. The van der Waals surface area contributed by atoms with Crippen molar-refractivity contribution in [3.63, 3.8) is 0 Å². The second-order valence-electron chi connectivity index (χ2n) is 4.33. The Labute approximate surface area is 94.9 Å². The third-order valence-corrected chi connectivity index (χ3v) is 3.05. The number of furan rings is 1. The Bertz CT molecular complexity index is 372. The predicted molar refractivity (Wildman–Crippen MR) is 59.1 cm³/mol. The number of aliphatic carboxylic acids is 1. The number of carboxylic acid groups (broad SMARTS) is 1. The molecule has 0 spiro atoms. The van der Waals surface area contributed by atoms with E-state index in [1.165, 1.54) is 0 Å². The van der Waals surface area contributed by atoms with E-state index in [4.69, 9.17) is 9.52 Å². The van der Waals surface area contributed by atoms with Gasteiger partial charge in [0.1, 0.15) is 17.6 Å². The maximum Gasteiger partial charge on any atom is 0.320 e. The molecule has 2 heterocycles. The van der Waals surface area contributed by atoms with Gasteiger partial charge < -0.3 is 9.52 Å². The number of carbonyl (C=O) groups is 1. The van der Waals surface area contributed by atoms with Crippen molar-refractivity contribution in [2.24, 2.45) is 0 Å². The van der Waals surface area contributed by atoms with Crippen LogP contribution in [0.1, 0.15) is 30.8 Å². The van der Waals surface area contributed by atoms with E-state index in [2.05, 4.69) is 0 Å². The third kappa shape index (κ3) is 2.44. The number of piperidine rings is 1. The first-order chi connectivity index (χ1) is 7.66. The van der Waals surface area contributed by atoms with Crippen LogP contribution in [0.3, 0.4) is 0 Å². The lowest BCUT2D eigenvalue weighted by molar-refractivity contribution is -0.145. The summed E-state index contributed by atoms with van der Waals surface area (Å²) >= 11 is 0. The van der Waals surface area contributed by atoms with Crippen LogP contribution in [0.25, 0.3) is 0 Å². The van der Waals surface area contributed by atoms with Crippen molar-refractivity contribution in [3.8, 4) is 0 Å². The first-order valence-electron chi connectivity index (χ1n) is 5.69. The Kier molecular flexibility index (Phi) is 3.29. The zero-order valence-corrected chi connectivity index (χ0v) is 9.48. The highest BCUT2D eigenvalue weighted by atomic mass is 16.4. The Morgan fingerprint density at radius 3 is 3.00 bits per heavy atom. The number of carboxylic acids is 1. The Morgan fingerprint density at radius 1 is 1.56 bits per heavy atom. The molecule has 1 aromatic rings. The van der Waals surface area contributed by atoms with Gasteiger partial charge >= 0.3 is 5.97 Å². The van der Waals surface area contributed by atoms with Crippen molar-refractivity contribution >= 4 is 5.97 Å². The van der Waals surface area contributed by atoms with Gasteiger partial charge in [0, 0.05) is 0 Å². The summed E-state index contributed by atoms with van der Waals surface area (Å²) in [5, 5.41) is 9.12. The summed E-state index contributed by atoms with van der Waals surface area (Å²) < 4.78 is 5.48. The van der Waals surface area contributed by atoms with E-state index in [9.17, 15) is 4.79 Å². The molecule has 1 fully saturated rings. The number of rotatable bonds is 3. The molecular weight excluding hydrogens is 206 g/mol. The van der Waals surface area contributed by atoms with Crippen LogP contribution in [0.2, 0.25) is 0 Å². The summed E-state index contributed by atoms with van der Waals surface area (Å²) in [6.07, 6.45) is 2.82. The average Bonchev–Trinajstić information content (AvgIpc) is 2.64. The van der Waals surface area contributed by atoms with E-state index >= 15 is 0 Å². The fourth-order valence-electron chi connectivity index (χ4n) is 2.23. The molecule has 0 bridgehead atoms. The molecule has 1 aromatic heterocycles. The number of nitrogens with zero attached hydrogens (tertiary/aromatic N) is 1. The fraction of sp³-hybridized carbons (Fsp3) is 0.583. The number of hydrogen-bond donors (Lipinski definition) is 1. The highest BCUT2D eigenvalue weighted by molar-refractivity contribution is 5.73. The van der Waals surface area contributed by atoms with Crippen molar-refractivity contribution in [2.45, 2.75) is 38.8 Å². The van der Waals surface area contributed by atoms with Gasteiger partial charge in [-0.2, -0.15) is 0 Å². The van der Waals surface area contributed by atoms with Gasteiger partial charge in [0.05, 0.1) is 6.54 Å². The molecule has 1 atom stereocenters. The van der Waals surface area contributed by atoms with Gasteiger partial charge in [0.25, 0.3) is 0 Å². The first-order valence-corrected chi connectivity index (χ1v) is 5.69. The Hall–Kier alpha value is -1.29. The molecule has 0 saturated carbocycles. The number of aryl methyl sites for hydroxylation is 1. The first kappa shape index (κ1) is 11.2. The summed E-state index contributed by atoms with van der Waals surface area (Å²) in [5.74, 6) is 1.01. The maximum atomic E-state index is 11.1. The van der Waals surface area contributed by atoms with E-state index < -0.39 is 5.97 Å². The predicted octanol–water partition coefficient (Wildman–Crippen LogP) is 2.03. The highest BCUT2D eigenvalue weighted by Crippen LogP contribution is 2.20. The number of hydrogen-bond acceptors (Lipinski definition) is 3. The second-order valence-corrected chi connectivity index (χ2v) is 4.33. The van der Waals surface area contributed by atoms with Gasteiger partial charge in [-0.05, 0) is 38.4 Å². The van der Waals surface area contributed by atoms with Crippen LogP contribution < -0.4 is 0 Å². The topological polar surface area (TPSA) is 53.7 Å². The van der Waals surface area contributed by atoms with Gasteiger partial charge in [-0.1, -0.05) is 6.42 Å². The second kappa shape index (κ2) is 4.70. The summed E-state index contributed by atoms with van der Waals surface area (Å²) in [6.45, 7) is 3.34. The fourth-order valence-corrected chi connectivity index (χ4v) is 2.23. The molecule has 4 nitrogen and oxygen atoms in total. The lowest BCUT2D eigenvalue weighted by atomic mass is 10.0. The van der Waals surface area contributed by atoms with Crippen molar-refractivity contribution in [1.82, 2.24) is 4.90 Å². The molecule has 16 heavy (non-hydrogen) atoms. The van der Waals surface area contributed by atoms with Crippen LogP contribution in [0.5, 0.6) is 0 Å². The van der Waals surface area contributed by atoms with E-state index in [-0.39, 0.29) is 6.04 Å². The molecular formula is C12H17NO3. The zero-order chi connectivity index (χ0) is 11.5. The molecule has 0 aliphatic carbocycles. The van der Waals surface area contributed by atoms with Crippen molar-refractivity contribution in [2.75, 3.05) is 6.54 Å². The van der Waals surface area contributed by atoms with Crippen molar-refractivity contribution < 1.29 is 14.3 Å². The minimum Gasteiger partial charge on any atom is -0.480 e. The summed E-state index contributed by atoms with van der Waals surface area (Å²) in [4.78, 5) is 13.1. The minimum atomic E-state index is -0.719. The molecule has 2 rings (SSSR count). The zero-order valence-electron chi connectivity index (χ0n) is 9.48. The van der Waals surface area contributed by atoms with Gasteiger partial charge in [-0.15, -0.1) is 0 Å². The third-order valence-electron chi connectivity index (χ3n) is 3.05. The Morgan fingerprint density at radius 2 is 2.38 bits per heavy atom. The standard InChI is InChI=1S/C12H17NO3/c1-9-5-6-10(16-9)8-13-7-3-2-4-11(13)12(14)15/h5-6,11H,2-4,7-8H2,1H3,(H,14,15). The van der Waals surface area contributed by atoms with E-state index in [0.717, 1.165) is 37.3 Å². The molecule has 1 aliphatic rings. The van der Waals surface area contributed by atoms with Gasteiger partial charge in [0.2, 0.25) is 0 Å². The average molecular weight is 223 g/mol.